The smallest absolute Gasteiger partial charge is 0.361 e. The molecule has 104 valence electrons. The van der Waals surface area contributed by atoms with E-state index < -0.39 is 0 Å². The Bertz CT molecular complexity index is 436. The fraction of sp³-hybridized carbons (Fsp3) is 0.500. The molecule has 5 nitrogen and oxygen atoms in total. The molecule has 1 aliphatic rings. The van der Waals surface area contributed by atoms with E-state index in [0.29, 0.717) is 6.54 Å². The van der Waals surface area contributed by atoms with Gasteiger partial charge in [-0.1, -0.05) is 12.1 Å². The van der Waals surface area contributed by atoms with Gasteiger partial charge in [-0.3, -0.25) is 5.32 Å². The van der Waals surface area contributed by atoms with E-state index in [0.717, 1.165) is 25.4 Å². The van der Waals surface area contributed by atoms with E-state index in [9.17, 15) is 4.79 Å². The number of nitrogens with one attached hydrogen (secondary N) is 2. The zero-order valence-electron chi connectivity index (χ0n) is 11.4. The lowest BCUT2D eigenvalue weighted by Gasteiger charge is -2.30. The van der Waals surface area contributed by atoms with Crippen LogP contribution in [0.2, 0.25) is 0 Å². The van der Waals surface area contributed by atoms with E-state index in [4.69, 9.17) is 9.47 Å². The molecule has 1 aliphatic heterocycles. The Balaban J connectivity index is 2.01. The minimum atomic E-state index is -0.152. The lowest BCUT2D eigenvalue weighted by Crippen LogP contribution is -3.15. The van der Waals surface area contributed by atoms with Crippen LogP contribution >= 0.6 is 0 Å². The van der Waals surface area contributed by atoms with Crippen molar-refractivity contribution in [3.63, 3.8) is 0 Å². The van der Waals surface area contributed by atoms with Crippen molar-refractivity contribution in [1.29, 1.82) is 0 Å². The minimum absolute atomic E-state index is 0.152. The van der Waals surface area contributed by atoms with E-state index in [1.807, 2.05) is 18.2 Å². The van der Waals surface area contributed by atoms with Crippen molar-refractivity contribution in [1.82, 2.24) is 5.32 Å². The van der Waals surface area contributed by atoms with E-state index >= 15 is 0 Å². The van der Waals surface area contributed by atoms with Gasteiger partial charge in [0.1, 0.15) is 5.75 Å². The number of rotatable bonds is 4. The molecule has 0 spiro atoms. The molecule has 0 saturated carbocycles. The first kappa shape index (κ1) is 13.8. The van der Waals surface area contributed by atoms with Crippen molar-refractivity contribution < 1.29 is 19.2 Å². The van der Waals surface area contributed by atoms with Crippen LogP contribution in [-0.2, 0) is 9.53 Å². The minimum Gasteiger partial charge on any atom is -0.497 e. The Labute approximate surface area is 113 Å². The highest BCUT2D eigenvalue weighted by Crippen LogP contribution is 2.18. The monoisotopic (exact) mass is 265 g/mol. The summed E-state index contributed by atoms with van der Waals surface area (Å²) in [6, 6.07) is 8.30. The van der Waals surface area contributed by atoms with Gasteiger partial charge < -0.3 is 14.4 Å². The fourth-order valence-electron chi connectivity index (χ4n) is 2.42. The van der Waals surface area contributed by atoms with Gasteiger partial charge in [0.2, 0.25) is 0 Å². The van der Waals surface area contributed by atoms with Gasteiger partial charge in [0.25, 0.3) is 0 Å². The Morgan fingerprint density at radius 2 is 2.32 bits per heavy atom. The Kier molecular flexibility index (Phi) is 4.76. The predicted molar refractivity (Wildman–Crippen MR) is 71.3 cm³/mol. The summed E-state index contributed by atoms with van der Waals surface area (Å²) in [5, 5.41) is 3.48. The standard InChI is InChI=1S/C14H20N2O3/c1-18-12-5-3-4-11(8-12)13-9-16(7-6-15-13)10-14(17)19-2/h3-5,8,13,15H,6-7,9-10H2,1-2H3/p+1. The van der Waals surface area contributed by atoms with Crippen molar-refractivity contribution in [2.75, 3.05) is 40.4 Å². The second-order valence-electron chi connectivity index (χ2n) is 4.74. The zero-order valence-corrected chi connectivity index (χ0v) is 11.4. The molecule has 1 aromatic rings. The number of piperazine rings is 1. The molecule has 0 amide bonds. The fourth-order valence-corrected chi connectivity index (χ4v) is 2.42. The summed E-state index contributed by atoms with van der Waals surface area (Å²) < 4.78 is 9.98. The number of carbonyl (C=O) groups is 1. The van der Waals surface area contributed by atoms with E-state index in [1.165, 1.54) is 17.6 Å². The number of hydrogen-bond acceptors (Lipinski definition) is 4. The number of quaternary nitrogens is 1. The van der Waals surface area contributed by atoms with Crippen molar-refractivity contribution in [3.8, 4) is 5.75 Å². The molecule has 0 bridgehead atoms. The molecule has 1 saturated heterocycles. The average Bonchev–Trinajstić information content (AvgIpc) is 2.47. The van der Waals surface area contributed by atoms with Crippen LogP contribution in [-0.4, -0.2) is 46.4 Å². The molecule has 1 aromatic carbocycles. The average molecular weight is 265 g/mol. The van der Waals surface area contributed by atoms with Crippen molar-refractivity contribution in [2.24, 2.45) is 0 Å². The van der Waals surface area contributed by atoms with E-state index in [-0.39, 0.29) is 12.0 Å². The maximum Gasteiger partial charge on any atom is 0.361 e. The summed E-state index contributed by atoms with van der Waals surface area (Å²) in [5.74, 6) is 0.709. The first-order chi connectivity index (χ1) is 9.22. The Morgan fingerprint density at radius 3 is 3.05 bits per heavy atom. The maximum atomic E-state index is 11.3. The summed E-state index contributed by atoms with van der Waals surface area (Å²) >= 11 is 0. The summed E-state index contributed by atoms with van der Waals surface area (Å²) in [4.78, 5) is 12.6. The zero-order chi connectivity index (χ0) is 13.7. The molecule has 0 radical (unpaired) electrons. The van der Waals surface area contributed by atoms with Crippen LogP contribution in [0.3, 0.4) is 0 Å². The van der Waals surface area contributed by atoms with Crippen LogP contribution in [0.1, 0.15) is 11.6 Å². The molecule has 2 atom stereocenters. The van der Waals surface area contributed by atoms with Gasteiger partial charge in [-0.25, -0.2) is 4.79 Å². The number of benzene rings is 1. The maximum absolute atomic E-state index is 11.3. The molecule has 1 heterocycles. The normalized spacial score (nSPS) is 22.8. The summed E-state index contributed by atoms with van der Waals surface area (Å²) in [6.07, 6.45) is 0. The van der Waals surface area contributed by atoms with Gasteiger partial charge in [0, 0.05) is 6.54 Å². The van der Waals surface area contributed by atoms with Crippen molar-refractivity contribution >= 4 is 5.97 Å². The molecule has 2 unspecified atom stereocenters. The number of methoxy groups -OCH3 is 2. The molecular weight excluding hydrogens is 244 g/mol. The van der Waals surface area contributed by atoms with Crippen LogP contribution in [0.4, 0.5) is 0 Å². The Morgan fingerprint density at radius 1 is 1.47 bits per heavy atom. The highest BCUT2D eigenvalue weighted by Gasteiger charge is 2.25. The molecule has 2 rings (SSSR count). The van der Waals surface area contributed by atoms with Crippen LogP contribution in [0, 0.1) is 0 Å². The van der Waals surface area contributed by atoms with E-state index in [2.05, 4.69) is 11.4 Å². The molecule has 5 heteroatoms. The van der Waals surface area contributed by atoms with Gasteiger partial charge in [0.05, 0.1) is 33.4 Å². The molecule has 1 fully saturated rings. The summed E-state index contributed by atoms with van der Waals surface area (Å²) in [6.45, 7) is 3.14. The predicted octanol–water partition coefficient (Wildman–Crippen LogP) is -0.603. The number of hydrogen-bond donors (Lipinski definition) is 2. The summed E-state index contributed by atoms with van der Waals surface area (Å²) in [5.41, 5.74) is 1.20. The second kappa shape index (κ2) is 6.54. The third-order valence-corrected chi connectivity index (χ3v) is 3.48. The molecule has 0 aromatic heterocycles. The van der Waals surface area contributed by atoms with Crippen LogP contribution in [0.25, 0.3) is 0 Å². The van der Waals surface area contributed by atoms with Crippen molar-refractivity contribution in [2.45, 2.75) is 6.04 Å². The van der Waals surface area contributed by atoms with Gasteiger partial charge in [-0.2, -0.15) is 0 Å². The number of ether oxygens (including phenoxy) is 2. The SMILES string of the molecule is COC(=O)C[NH+]1CCNC(c2cccc(OC)c2)C1. The Hall–Kier alpha value is -1.59. The van der Waals surface area contributed by atoms with Crippen molar-refractivity contribution in [3.05, 3.63) is 29.8 Å². The highest BCUT2D eigenvalue weighted by atomic mass is 16.5. The topological polar surface area (TPSA) is 52.0 Å². The van der Waals surface area contributed by atoms with Gasteiger partial charge >= 0.3 is 5.97 Å². The first-order valence-electron chi connectivity index (χ1n) is 6.50. The first-order valence-corrected chi connectivity index (χ1v) is 6.50. The molecular formula is C14H21N2O3+. The molecule has 2 N–H and O–H groups in total. The quantitative estimate of drug-likeness (QED) is 0.714. The van der Waals surface area contributed by atoms with Crippen LogP contribution < -0.4 is 15.0 Å². The molecule has 0 aliphatic carbocycles. The number of esters is 1. The highest BCUT2D eigenvalue weighted by molar-refractivity contribution is 5.70. The largest absolute Gasteiger partial charge is 0.497 e. The van der Waals surface area contributed by atoms with Gasteiger partial charge in [-0.05, 0) is 17.7 Å². The number of carbonyl (C=O) groups excluding carboxylic acids is 1. The molecule has 19 heavy (non-hydrogen) atoms. The van der Waals surface area contributed by atoms with E-state index in [1.54, 1.807) is 7.11 Å². The third kappa shape index (κ3) is 3.68. The summed E-state index contributed by atoms with van der Waals surface area (Å²) in [7, 11) is 3.10. The van der Waals surface area contributed by atoms with Crippen LogP contribution in [0.15, 0.2) is 24.3 Å². The van der Waals surface area contributed by atoms with Gasteiger partial charge in [0.15, 0.2) is 6.54 Å². The lowest BCUT2D eigenvalue weighted by molar-refractivity contribution is -0.898. The second-order valence-corrected chi connectivity index (χ2v) is 4.74. The third-order valence-electron chi connectivity index (χ3n) is 3.48. The van der Waals surface area contributed by atoms with Gasteiger partial charge in [-0.15, -0.1) is 0 Å². The lowest BCUT2D eigenvalue weighted by atomic mass is 10.0. The van der Waals surface area contributed by atoms with Crippen LogP contribution in [0.5, 0.6) is 5.75 Å².